The molecule has 2 heterocycles. The molecule has 0 bridgehead atoms. The minimum Gasteiger partial charge on any atom is -0.456 e. The molecule has 6 nitrogen and oxygen atoms in total. The van der Waals surface area contributed by atoms with Crippen molar-refractivity contribution in [1.29, 1.82) is 0 Å². The number of para-hydroxylation sites is 1. The van der Waals surface area contributed by atoms with Crippen LogP contribution in [0.15, 0.2) is 58.7 Å². The SMILES string of the molecule is N/C=C(\C=[NH2+])C1(O)CCN(C(=O)Cc2ccc3oc4ccccc4c3c2)CC1. The van der Waals surface area contributed by atoms with E-state index < -0.39 is 5.60 Å². The first-order valence-corrected chi connectivity index (χ1v) is 9.42. The Morgan fingerprint density at radius 1 is 1.18 bits per heavy atom. The first-order valence-electron chi connectivity index (χ1n) is 9.42. The average Bonchev–Trinajstić information content (AvgIpc) is 3.07. The van der Waals surface area contributed by atoms with E-state index in [-0.39, 0.29) is 5.91 Å². The number of fused-ring (bicyclic) bond motifs is 3. The van der Waals surface area contributed by atoms with Gasteiger partial charge in [0.25, 0.3) is 0 Å². The predicted molar refractivity (Wildman–Crippen MR) is 108 cm³/mol. The largest absolute Gasteiger partial charge is 0.456 e. The van der Waals surface area contributed by atoms with E-state index in [0.717, 1.165) is 27.5 Å². The minimum atomic E-state index is -1.06. The highest BCUT2D eigenvalue weighted by molar-refractivity contribution is 6.05. The molecule has 1 saturated heterocycles. The molecule has 3 aromatic rings. The van der Waals surface area contributed by atoms with Crippen LogP contribution in [0.1, 0.15) is 18.4 Å². The molecule has 28 heavy (non-hydrogen) atoms. The van der Waals surface area contributed by atoms with Gasteiger partial charge < -0.3 is 20.2 Å². The number of rotatable bonds is 4. The van der Waals surface area contributed by atoms with Gasteiger partial charge in [-0.3, -0.25) is 10.2 Å². The molecular weight excluding hydrogens is 354 g/mol. The highest BCUT2D eigenvalue weighted by Gasteiger charge is 2.37. The highest BCUT2D eigenvalue weighted by Crippen LogP contribution is 2.30. The van der Waals surface area contributed by atoms with Crippen LogP contribution in [0.4, 0.5) is 0 Å². The molecule has 1 aromatic heterocycles. The Morgan fingerprint density at radius 2 is 1.89 bits per heavy atom. The zero-order valence-corrected chi connectivity index (χ0v) is 15.6. The number of carbonyl (C=O) groups is 1. The van der Waals surface area contributed by atoms with E-state index in [2.05, 4.69) is 0 Å². The Labute approximate surface area is 162 Å². The van der Waals surface area contributed by atoms with E-state index in [1.807, 2.05) is 42.5 Å². The van der Waals surface area contributed by atoms with Gasteiger partial charge in [-0.25, -0.2) is 0 Å². The van der Waals surface area contributed by atoms with Crippen LogP contribution in [0.5, 0.6) is 0 Å². The highest BCUT2D eigenvalue weighted by atomic mass is 16.3. The van der Waals surface area contributed by atoms with Crippen molar-refractivity contribution < 1.29 is 19.7 Å². The standard InChI is InChI=1S/C22H23N3O3/c23-13-16(14-24)22(27)7-9-25(10-8-22)21(26)12-15-5-6-20-18(11-15)17-3-1-2-4-19(17)28-20/h1-6,11,13-14,23,27H,7-10,12,24H2/p+1/b16-14+,23-13?. The summed E-state index contributed by atoms with van der Waals surface area (Å²) in [4.78, 5) is 14.6. The van der Waals surface area contributed by atoms with Crippen molar-refractivity contribution in [2.45, 2.75) is 24.9 Å². The number of hydrogen-bond acceptors (Lipinski definition) is 4. The Balaban J connectivity index is 1.48. The number of piperidine rings is 1. The summed E-state index contributed by atoms with van der Waals surface area (Å²) in [6, 6.07) is 13.8. The van der Waals surface area contributed by atoms with E-state index in [4.69, 9.17) is 15.6 Å². The van der Waals surface area contributed by atoms with E-state index in [9.17, 15) is 9.90 Å². The van der Waals surface area contributed by atoms with Gasteiger partial charge in [-0.1, -0.05) is 24.3 Å². The molecular formula is C22H24N3O3+. The van der Waals surface area contributed by atoms with Gasteiger partial charge in [-0.2, -0.15) is 0 Å². The van der Waals surface area contributed by atoms with Crippen molar-refractivity contribution in [2.24, 2.45) is 5.73 Å². The third kappa shape index (κ3) is 3.16. The Kier molecular flexibility index (Phi) is 4.65. The van der Waals surface area contributed by atoms with Gasteiger partial charge in [0.05, 0.1) is 12.0 Å². The molecule has 1 amide bonds. The summed E-state index contributed by atoms with van der Waals surface area (Å²) in [5, 5.41) is 18.3. The summed E-state index contributed by atoms with van der Waals surface area (Å²) < 4.78 is 5.84. The summed E-state index contributed by atoms with van der Waals surface area (Å²) >= 11 is 0. The molecule has 0 aliphatic carbocycles. The van der Waals surface area contributed by atoms with Crippen molar-refractivity contribution in [3.8, 4) is 0 Å². The number of amides is 1. The van der Waals surface area contributed by atoms with Gasteiger partial charge in [0.2, 0.25) is 5.91 Å². The number of furan rings is 1. The zero-order chi connectivity index (χ0) is 19.7. The molecule has 1 fully saturated rings. The van der Waals surface area contributed by atoms with Crippen molar-refractivity contribution in [2.75, 3.05) is 13.1 Å². The van der Waals surface area contributed by atoms with E-state index in [1.165, 1.54) is 12.4 Å². The molecule has 4 rings (SSSR count). The van der Waals surface area contributed by atoms with Crippen LogP contribution < -0.4 is 11.1 Å². The molecule has 0 unspecified atom stereocenters. The van der Waals surface area contributed by atoms with Crippen molar-refractivity contribution in [1.82, 2.24) is 4.90 Å². The van der Waals surface area contributed by atoms with E-state index >= 15 is 0 Å². The van der Waals surface area contributed by atoms with E-state index in [1.54, 1.807) is 4.90 Å². The summed E-state index contributed by atoms with van der Waals surface area (Å²) in [6.07, 6.45) is 3.82. The molecule has 0 spiro atoms. The number of nitrogens with two attached hydrogens (primary N) is 2. The van der Waals surface area contributed by atoms with Gasteiger partial charge >= 0.3 is 0 Å². The van der Waals surface area contributed by atoms with Gasteiger partial charge in [-0.15, -0.1) is 0 Å². The normalized spacial score (nSPS) is 17.2. The summed E-state index contributed by atoms with van der Waals surface area (Å²) in [6.45, 7) is 0.939. The van der Waals surface area contributed by atoms with E-state index in [0.29, 0.717) is 37.9 Å². The van der Waals surface area contributed by atoms with Crippen LogP contribution in [0.2, 0.25) is 0 Å². The third-order valence-electron chi connectivity index (χ3n) is 5.64. The predicted octanol–water partition coefficient (Wildman–Crippen LogP) is 1.15. The fraction of sp³-hybridized carbons (Fsp3) is 0.273. The van der Waals surface area contributed by atoms with Crippen LogP contribution in [0.3, 0.4) is 0 Å². The van der Waals surface area contributed by atoms with Crippen molar-refractivity contribution in [3.63, 3.8) is 0 Å². The number of likely N-dealkylation sites (tertiary alicyclic amines) is 1. The lowest BCUT2D eigenvalue weighted by atomic mass is 9.84. The molecule has 2 aromatic carbocycles. The maximum atomic E-state index is 12.8. The fourth-order valence-corrected chi connectivity index (χ4v) is 3.95. The zero-order valence-electron chi connectivity index (χ0n) is 15.6. The molecule has 1 aliphatic heterocycles. The number of nitrogens with zero attached hydrogens (tertiary/aromatic N) is 1. The summed E-state index contributed by atoms with van der Waals surface area (Å²) in [5.74, 6) is 0.0456. The first kappa shape index (κ1) is 18.3. The third-order valence-corrected chi connectivity index (χ3v) is 5.64. The maximum Gasteiger partial charge on any atom is 0.226 e. The monoisotopic (exact) mass is 378 g/mol. The Morgan fingerprint density at radius 3 is 2.61 bits per heavy atom. The lowest BCUT2D eigenvalue weighted by Gasteiger charge is -2.38. The second-order valence-corrected chi connectivity index (χ2v) is 7.31. The fourth-order valence-electron chi connectivity index (χ4n) is 3.95. The lowest BCUT2D eigenvalue weighted by Crippen LogP contribution is -2.50. The second kappa shape index (κ2) is 7.13. The molecule has 0 radical (unpaired) electrons. The number of hydrogen-bond donors (Lipinski definition) is 3. The van der Waals surface area contributed by atoms with Gasteiger partial charge in [0.15, 0.2) is 6.21 Å². The Hall–Kier alpha value is -3.12. The Bertz CT molecular complexity index is 1080. The van der Waals surface area contributed by atoms with Crippen LogP contribution in [-0.2, 0) is 11.2 Å². The van der Waals surface area contributed by atoms with Gasteiger partial charge in [0.1, 0.15) is 16.8 Å². The molecule has 0 saturated carbocycles. The van der Waals surface area contributed by atoms with Crippen LogP contribution in [-0.4, -0.2) is 40.8 Å². The lowest BCUT2D eigenvalue weighted by molar-refractivity contribution is -0.133. The van der Waals surface area contributed by atoms with Crippen LogP contribution in [0.25, 0.3) is 21.9 Å². The summed E-state index contributed by atoms with van der Waals surface area (Å²) in [7, 11) is 0. The van der Waals surface area contributed by atoms with Crippen LogP contribution in [0, 0.1) is 0 Å². The number of carbonyl (C=O) groups excluding carboxylic acids is 1. The van der Waals surface area contributed by atoms with Gasteiger partial charge in [0, 0.05) is 30.1 Å². The summed E-state index contributed by atoms with van der Waals surface area (Å²) in [5.41, 5.74) is 7.61. The van der Waals surface area contributed by atoms with Crippen LogP contribution >= 0.6 is 0 Å². The number of aliphatic hydroxyl groups is 1. The topological polar surface area (TPSA) is 105 Å². The average molecular weight is 378 g/mol. The molecule has 6 heteroatoms. The number of benzene rings is 2. The molecule has 5 N–H and O–H groups in total. The quantitative estimate of drug-likeness (QED) is 0.592. The minimum absolute atomic E-state index is 0.0456. The first-order chi connectivity index (χ1) is 13.5. The van der Waals surface area contributed by atoms with Gasteiger partial charge in [-0.05, 0) is 36.6 Å². The molecule has 0 atom stereocenters. The molecule has 144 valence electrons. The van der Waals surface area contributed by atoms with Crippen molar-refractivity contribution >= 4 is 34.1 Å². The maximum absolute atomic E-state index is 12.8. The second-order valence-electron chi connectivity index (χ2n) is 7.31. The smallest absolute Gasteiger partial charge is 0.226 e. The van der Waals surface area contributed by atoms with Crippen molar-refractivity contribution in [3.05, 3.63) is 59.8 Å². The molecule has 1 aliphatic rings.